The Bertz CT molecular complexity index is 479. The molecule has 1 aromatic rings. The molecule has 0 spiro atoms. The van der Waals surface area contributed by atoms with Gasteiger partial charge in [-0.1, -0.05) is 0 Å². The Morgan fingerprint density at radius 2 is 2.15 bits per heavy atom. The number of nitrogens with one attached hydrogen (secondary N) is 2. The summed E-state index contributed by atoms with van der Waals surface area (Å²) >= 11 is 0. The zero-order valence-electron chi connectivity index (χ0n) is 11.8. The predicted octanol–water partition coefficient (Wildman–Crippen LogP) is 0.383. The van der Waals surface area contributed by atoms with Crippen molar-refractivity contribution in [3.63, 3.8) is 0 Å². The topological polar surface area (TPSA) is 74.6 Å². The maximum absolute atomic E-state index is 11.3. The van der Waals surface area contributed by atoms with Gasteiger partial charge in [0.1, 0.15) is 5.76 Å². The molecule has 0 bridgehead atoms. The van der Waals surface area contributed by atoms with E-state index in [0.29, 0.717) is 12.6 Å². The van der Waals surface area contributed by atoms with E-state index in [-0.39, 0.29) is 5.75 Å². The van der Waals surface area contributed by atoms with Crippen LogP contribution in [0, 0.1) is 0 Å². The highest BCUT2D eigenvalue weighted by Crippen LogP contribution is 2.13. The van der Waals surface area contributed by atoms with Crippen LogP contribution in [0.5, 0.6) is 0 Å². The number of hydrogen-bond donors (Lipinski definition) is 2. The zero-order chi connectivity index (χ0) is 14.4. The van der Waals surface area contributed by atoms with E-state index in [4.69, 9.17) is 4.42 Å². The van der Waals surface area contributed by atoms with Gasteiger partial charge in [0.25, 0.3) is 0 Å². The molecule has 0 amide bonds. The number of likely N-dealkylation sites (tertiary alicyclic amines) is 1. The smallest absolute Gasteiger partial charge is 0.212 e. The molecule has 2 N–H and O–H groups in total. The lowest BCUT2D eigenvalue weighted by atomic mass is 10.1. The monoisotopic (exact) mass is 301 g/mol. The minimum absolute atomic E-state index is 0.135. The average Bonchev–Trinajstić information content (AvgIpc) is 2.94. The van der Waals surface area contributed by atoms with Crippen molar-refractivity contribution in [2.75, 3.05) is 32.4 Å². The van der Waals surface area contributed by atoms with Gasteiger partial charge >= 0.3 is 0 Å². The molecule has 0 aromatic carbocycles. The third-order valence-electron chi connectivity index (χ3n) is 3.66. The highest BCUT2D eigenvalue weighted by Gasteiger charge is 2.19. The summed E-state index contributed by atoms with van der Waals surface area (Å²) in [5, 5.41) is 3.32. The van der Waals surface area contributed by atoms with Crippen LogP contribution in [0.3, 0.4) is 0 Å². The van der Waals surface area contributed by atoms with Crippen molar-refractivity contribution in [2.24, 2.45) is 0 Å². The Morgan fingerprint density at radius 1 is 1.40 bits per heavy atom. The molecule has 1 aliphatic rings. The first-order chi connectivity index (χ1) is 9.59. The van der Waals surface area contributed by atoms with Gasteiger partial charge in [0.15, 0.2) is 0 Å². The van der Waals surface area contributed by atoms with Gasteiger partial charge < -0.3 is 9.73 Å². The highest BCUT2D eigenvalue weighted by atomic mass is 32.2. The number of sulfonamides is 1. The number of hydrogen-bond acceptors (Lipinski definition) is 5. The predicted molar refractivity (Wildman–Crippen MR) is 77.9 cm³/mol. The summed E-state index contributed by atoms with van der Waals surface area (Å²) in [7, 11) is -1.65. The zero-order valence-corrected chi connectivity index (χ0v) is 12.7. The summed E-state index contributed by atoms with van der Waals surface area (Å²) in [4.78, 5) is 2.36. The molecule has 7 heteroatoms. The summed E-state index contributed by atoms with van der Waals surface area (Å²) in [6, 6.07) is 4.31. The van der Waals surface area contributed by atoms with Crippen LogP contribution in [-0.4, -0.2) is 51.8 Å². The van der Waals surface area contributed by atoms with Crippen LogP contribution in [0.25, 0.3) is 0 Å². The van der Waals surface area contributed by atoms with Crippen molar-refractivity contribution in [1.29, 1.82) is 0 Å². The molecule has 0 saturated carbocycles. The molecule has 1 fully saturated rings. The van der Waals surface area contributed by atoms with E-state index in [9.17, 15) is 8.42 Å². The molecular weight excluding hydrogens is 278 g/mol. The van der Waals surface area contributed by atoms with Crippen LogP contribution in [0.15, 0.2) is 22.8 Å². The summed E-state index contributed by atoms with van der Waals surface area (Å²) in [6.07, 6.45) is 3.78. The molecule has 0 aliphatic carbocycles. The lowest BCUT2D eigenvalue weighted by molar-refractivity contribution is 0.180. The third-order valence-corrected chi connectivity index (χ3v) is 5.03. The van der Waals surface area contributed by atoms with E-state index < -0.39 is 10.0 Å². The molecule has 2 rings (SSSR count). The minimum atomic E-state index is -3.10. The van der Waals surface area contributed by atoms with Gasteiger partial charge in [-0.25, -0.2) is 13.1 Å². The Labute approximate surface area is 120 Å². The summed E-state index contributed by atoms with van der Waals surface area (Å²) in [5.74, 6) is 1.13. The molecule has 2 heterocycles. The quantitative estimate of drug-likeness (QED) is 0.762. The van der Waals surface area contributed by atoms with E-state index in [1.165, 1.54) is 7.05 Å². The van der Waals surface area contributed by atoms with Crippen molar-refractivity contribution < 1.29 is 12.8 Å². The molecule has 0 radical (unpaired) electrons. The van der Waals surface area contributed by atoms with Crippen molar-refractivity contribution in [3.05, 3.63) is 24.2 Å². The van der Waals surface area contributed by atoms with Crippen LogP contribution in [0.1, 0.15) is 18.6 Å². The number of furan rings is 1. The molecule has 0 atom stereocenters. The van der Waals surface area contributed by atoms with Gasteiger partial charge in [0.2, 0.25) is 10.0 Å². The fourth-order valence-electron chi connectivity index (χ4n) is 2.42. The normalized spacial score (nSPS) is 18.4. The summed E-state index contributed by atoms with van der Waals surface area (Å²) in [6.45, 7) is 3.38. The van der Waals surface area contributed by atoms with Crippen molar-refractivity contribution in [1.82, 2.24) is 14.9 Å². The van der Waals surface area contributed by atoms with Gasteiger partial charge in [-0.15, -0.1) is 0 Å². The molecule has 114 valence electrons. The molecule has 1 aromatic heterocycles. The largest absolute Gasteiger partial charge is 0.468 e. The van der Waals surface area contributed by atoms with Gasteiger partial charge in [-0.05, 0) is 32.0 Å². The highest BCUT2D eigenvalue weighted by molar-refractivity contribution is 7.89. The molecule has 1 saturated heterocycles. The Kier molecular flexibility index (Phi) is 5.59. The van der Waals surface area contributed by atoms with Crippen LogP contribution in [-0.2, 0) is 16.6 Å². The third kappa shape index (κ3) is 4.90. The van der Waals surface area contributed by atoms with Crippen molar-refractivity contribution in [3.8, 4) is 0 Å². The SMILES string of the molecule is CNS(=O)(=O)CCNC1CCN(Cc2ccco2)CC1. The Balaban J connectivity index is 1.64. The van der Waals surface area contributed by atoms with Gasteiger partial charge in [0.05, 0.1) is 18.6 Å². The number of rotatable bonds is 7. The minimum Gasteiger partial charge on any atom is -0.468 e. The number of nitrogens with zero attached hydrogens (tertiary/aromatic N) is 1. The van der Waals surface area contributed by atoms with E-state index in [2.05, 4.69) is 14.9 Å². The van der Waals surface area contributed by atoms with Gasteiger partial charge in [-0.3, -0.25) is 4.90 Å². The van der Waals surface area contributed by atoms with Crippen molar-refractivity contribution in [2.45, 2.75) is 25.4 Å². The maximum Gasteiger partial charge on any atom is 0.212 e. The van der Waals surface area contributed by atoms with E-state index in [1.54, 1.807) is 6.26 Å². The first-order valence-electron chi connectivity index (χ1n) is 6.98. The lowest BCUT2D eigenvalue weighted by Gasteiger charge is -2.31. The van der Waals surface area contributed by atoms with Crippen molar-refractivity contribution >= 4 is 10.0 Å². The maximum atomic E-state index is 11.3. The summed E-state index contributed by atoms with van der Waals surface area (Å²) in [5.41, 5.74) is 0. The van der Waals surface area contributed by atoms with Crippen LogP contribution >= 0.6 is 0 Å². The van der Waals surface area contributed by atoms with Gasteiger partial charge in [0, 0.05) is 25.7 Å². The van der Waals surface area contributed by atoms with Gasteiger partial charge in [-0.2, -0.15) is 0 Å². The summed E-state index contributed by atoms with van der Waals surface area (Å²) < 4.78 is 30.3. The first-order valence-corrected chi connectivity index (χ1v) is 8.63. The molecule has 20 heavy (non-hydrogen) atoms. The first kappa shape index (κ1) is 15.5. The van der Waals surface area contributed by atoms with Crippen LogP contribution < -0.4 is 10.0 Å². The lowest BCUT2D eigenvalue weighted by Crippen LogP contribution is -2.43. The second-order valence-electron chi connectivity index (χ2n) is 5.11. The fourth-order valence-corrected chi connectivity index (χ4v) is 3.01. The van der Waals surface area contributed by atoms with Crippen LogP contribution in [0.2, 0.25) is 0 Å². The Hall–Kier alpha value is -0.890. The second kappa shape index (κ2) is 7.21. The van der Waals surface area contributed by atoms with E-state index in [1.807, 2.05) is 12.1 Å². The van der Waals surface area contributed by atoms with E-state index >= 15 is 0 Å². The molecule has 0 unspecified atom stereocenters. The standard InChI is InChI=1S/C13H23N3O3S/c1-14-20(17,18)10-6-15-12-4-7-16(8-5-12)11-13-3-2-9-19-13/h2-3,9,12,14-15H,4-8,10-11H2,1H3. The average molecular weight is 301 g/mol. The Morgan fingerprint density at radius 3 is 2.75 bits per heavy atom. The van der Waals surface area contributed by atoms with Crippen LogP contribution in [0.4, 0.5) is 0 Å². The van der Waals surface area contributed by atoms with E-state index in [0.717, 1.165) is 38.2 Å². The molecular formula is C13H23N3O3S. The number of piperidine rings is 1. The molecule has 1 aliphatic heterocycles. The molecule has 6 nitrogen and oxygen atoms in total. The second-order valence-corrected chi connectivity index (χ2v) is 7.15. The fraction of sp³-hybridized carbons (Fsp3) is 0.692.